The van der Waals surface area contributed by atoms with Gasteiger partial charge in [-0.05, 0) is 37.0 Å². The van der Waals surface area contributed by atoms with Crippen molar-refractivity contribution in [1.29, 1.82) is 0 Å². The molecule has 0 saturated carbocycles. The lowest BCUT2D eigenvalue weighted by Crippen LogP contribution is -2.05. The number of hydrogen-bond acceptors (Lipinski definition) is 1. The number of aliphatic hydroxyl groups excluding tert-OH is 1. The molecule has 0 amide bonds. The third-order valence-corrected chi connectivity index (χ3v) is 3.51. The fourth-order valence-electron chi connectivity index (χ4n) is 2.70. The summed E-state index contributed by atoms with van der Waals surface area (Å²) in [5.74, 6) is 0. The van der Waals surface area contributed by atoms with Crippen molar-refractivity contribution in [3.8, 4) is 0 Å². The highest BCUT2D eigenvalue weighted by molar-refractivity contribution is 5.33. The van der Waals surface area contributed by atoms with Crippen molar-refractivity contribution in [2.24, 2.45) is 0 Å². The van der Waals surface area contributed by atoms with Gasteiger partial charge in [0.1, 0.15) is 0 Å². The molecular weight excluding hydrogens is 232 g/mol. The maximum absolute atomic E-state index is 10.5. The van der Waals surface area contributed by atoms with Gasteiger partial charge in [0, 0.05) is 6.42 Å². The van der Waals surface area contributed by atoms with E-state index in [9.17, 15) is 5.11 Å². The summed E-state index contributed by atoms with van der Waals surface area (Å²) >= 11 is 0. The van der Waals surface area contributed by atoms with Crippen molar-refractivity contribution in [3.63, 3.8) is 0 Å². The Morgan fingerprint density at radius 2 is 1.63 bits per heavy atom. The Bertz CT molecular complexity index is 537. The molecule has 0 bridgehead atoms. The minimum absolute atomic E-state index is 0.419. The van der Waals surface area contributed by atoms with Gasteiger partial charge in [-0.3, -0.25) is 0 Å². The number of rotatable bonds is 4. The molecule has 0 aliphatic carbocycles. The van der Waals surface area contributed by atoms with E-state index in [2.05, 4.69) is 45.0 Å². The molecule has 1 nitrogen and oxygen atoms in total. The van der Waals surface area contributed by atoms with Gasteiger partial charge < -0.3 is 5.11 Å². The summed E-state index contributed by atoms with van der Waals surface area (Å²) in [5, 5.41) is 10.5. The van der Waals surface area contributed by atoms with Crippen LogP contribution in [0.3, 0.4) is 0 Å². The smallest absolute Gasteiger partial charge is 0.0833 e. The Kier molecular flexibility index (Phi) is 4.39. The Labute approximate surface area is 115 Å². The second kappa shape index (κ2) is 6.03. The van der Waals surface area contributed by atoms with Crippen molar-refractivity contribution < 1.29 is 5.11 Å². The number of benzene rings is 2. The zero-order chi connectivity index (χ0) is 13.8. The summed E-state index contributed by atoms with van der Waals surface area (Å²) in [6.07, 6.45) is 1.22. The normalized spacial score (nSPS) is 12.4. The Morgan fingerprint density at radius 1 is 1.00 bits per heavy atom. The first-order valence-electron chi connectivity index (χ1n) is 6.93. The van der Waals surface area contributed by atoms with Gasteiger partial charge in [0.2, 0.25) is 0 Å². The number of aliphatic hydroxyl groups is 1. The molecule has 0 heterocycles. The van der Waals surface area contributed by atoms with Crippen LogP contribution in [0.5, 0.6) is 0 Å². The molecule has 2 aromatic rings. The van der Waals surface area contributed by atoms with Crippen LogP contribution in [-0.4, -0.2) is 5.11 Å². The van der Waals surface area contributed by atoms with Crippen LogP contribution in [0.1, 0.15) is 40.8 Å². The maximum atomic E-state index is 10.5. The molecule has 1 N–H and O–H groups in total. The SMILES string of the molecule is CCc1ccccc1C(O)Cc1cc(C)cc(C)c1. The van der Waals surface area contributed by atoms with Gasteiger partial charge in [-0.25, -0.2) is 0 Å². The van der Waals surface area contributed by atoms with Gasteiger partial charge in [-0.15, -0.1) is 0 Å². The standard InChI is InChI=1S/C18H22O/c1-4-16-7-5-6-8-17(16)18(19)12-15-10-13(2)9-14(3)11-15/h5-11,18-19H,4,12H2,1-3H3. The fraction of sp³-hybridized carbons (Fsp3) is 0.333. The first-order valence-corrected chi connectivity index (χ1v) is 6.93. The predicted molar refractivity (Wildman–Crippen MR) is 80.4 cm³/mol. The van der Waals surface area contributed by atoms with Crippen LogP contribution in [-0.2, 0) is 12.8 Å². The topological polar surface area (TPSA) is 20.2 Å². The van der Waals surface area contributed by atoms with Crippen LogP contribution in [0.25, 0.3) is 0 Å². The molecular formula is C18H22O. The van der Waals surface area contributed by atoms with Crippen molar-refractivity contribution in [2.75, 3.05) is 0 Å². The Hall–Kier alpha value is -1.60. The third kappa shape index (κ3) is 3.45. The molecule has 0 saturated heterocycles. The monoisotopic (exact) mass is 254 g/mol. The third-order valence-electron chi connectivity index (χ3n) is 3.51. The van der Waals surface area contributed by atoms with Crippen LogP contribution < -0.4 is 0 Å². The predicted octanol–water partition coefficient (Wildman–Crippen LogP) is 4.14. The molecule has 0 spiro atoms. The van der Waals surface area contributed by atoms with Crippen LogP contribution in [0.4, 0.5) is 0 Å². The minimum Gasteiger partial charge on any atom is -0.388 e. The molecule has 0 aliphatic heterocycles. The van der Waals surface area contributed by atoms with Gasteiger partial charge in [-0.1, -0.05) is 60.5 Å². The van der Waals surface area contributed by atoms with Gasteiger partial charge in [0.25, 0.3) is 0 Å². The van der Waals surface area contributed by atoms with E-state index in [1.54, 1.807) is 0 Å². The van der Waals surface area contributed by atoms with E-state index in [0.717, 1.165) is 12.0 Å². The Morgan fingerprint density at radius 3 is 2.26 bits per heavy atom. The lowest BCUT2D eigenvalue weighted by molar-refractivity contribution is 0.177. The van der Waals surface area contributed by atoms with Crippen LogP contribution in [0.15, 0.2) is 42.5 Å². The molecule has 2 aromatic carbocycles. The molecule has 1 atom stereocenters. The summed E-state index contributed by atoms with van der Waals surface area (Å²) in [7, 11) is 0. The molecule has 1 heteroatoms. The highest BCUT2D eigenvalue weighted by Crippen LogP contribution is 2.23. The van der Waals surface area contributed by atoms with E-state index in [0.29, 0.717) is 6.42 Å². The van der Waals surface area contributed by atoms with Gasteiger partial charge >= 0.3 is 0 Å². The molecule has 0 aromatic heterocycles. The summed E-state index contributed by atoms with van der Waals surface area (Å²) in [6.45, 7) is 6.33. The summed E-state index contributed by atoms with van der Waals surface area (Å²) < 4.78 is 0. The highest BCUT2D eigenvalue weighted by atomic mass is 16.3. The van der Waals surface area contributed by atoms with E-state index in [1.807, 2.05) is 18.2 Å². The molecule has 0 radical (unpaired) electrons. The molecule has 100 valence electrons. The van der Waals surface area contributed by atoms with E-state index in [-0.39, 0.29) is 0 Å². The highest BCUT2D eigenvalue weighted by Gasteiger charge is 2.12. The molecule has 2 rings (SSSR count). The van der Waals surface area contributed by atoms with Crippen LogP contribution in [0, 0.1) is 13.8 Å². The second-order valence-corrected chi connectivity index (χ2v) is 5.27. The number of hydrogen-bond donors (Lipinski definition) is 1. The van der Waals surface area contributed by atoms with E-state index in [4.69, 9.17) is 0 Å². The van der Waals surface area contributed by atoms with Crippen molar-refractivity contribution in [2.45, 2.75) is 39.7 Å². The average Bonchev–Trinajstić information content (AvgIpc) is 2.37. The van der Waals surface area contributed by atoms with Crippen molar-refractivity contribution in [1.82, 2.24) is 0 Å². The summed E-state index contributed by atoms with van der Waals surface area (Å²) in [6, 6.07) is 14.6. The lowest BCUT2D eigenvalue weighted by Gasteiger charge is -2.15. The lowest BCUT2D eigenvalue weighted by atomic mass is 9.94. The van der Waals surface area contributed by atoms with Crippen molar-refractivity contribution in [3.05, 3.63) is 70.3 Å². The van der Waals surface area contributed by atoms with Gasteiger partial charge in [0.05, 0.1) is 6.10 Å². The zero-order valence-electron chi connectivity index (χ0n) is 12.0. The van der Waals surface area contributed by atoms with E-state index in [1.165, 1.54) is 22.3 Å². The van der Waals surface area contributed by atoms with Crippen molar-refractivity contribution >= 4 is 0 Å². The Balaban J connectivity index is 2.22. The van der Waals surface area contributed by atoms with E-state index >= 15 is 0 Å². The van der Waals surface area contributed by atoms with Crippen LogP contribution >= 0.6 is 0 Å². The average molecular weight is 254 g/mol. The summed E-state index contributed by atoms with van der Waals surface area (Å²) in [5.41, 5.74) is 6.01. The molecule has 0 aliphatic rings. The van der Waals surface area contributed by atoms with Gasteiger partial charge in [-0.2, -0.15) is 0 Å². The molecule has 19 heavy (non-hydrogen) atoms. The molecule has 0 fully saturated rings. The first kappa shape index (κ1) is 13.8. The maximum Gasteiger partial charge on any atom is 0.0833 e. The minimum atomic E-state index is -0.419. The fourth-order valence-corrected chi connectivity index (χ4v) is 2.70. The largest absolute Gasteiger partial charge is 0.388 e. The number of aryl methyl sites for hydroxylation is 3. The van der Waals surface area contributed by atoms with Gasteiger partial charge in [0.15, 0.2) is 0 Å². The zero-order valence-corrected chi connectivity index (χ0v) is 12.0. The van der Waals surface area contributed by atoms with Crippen LogP contribution in [0.2, 0.25) is 0 Å². The first-order chi connectivity index (χ1) is 9.10. The molecule has 1 unspecified atom stereocenters. The van der Waals surface area contributed by atoms with E-state index < -0.39 is 6.10 Å². The second-order valence-electron chi connectivity index (χ2n) is 5.27. The summed E-state index contributed by atoms with van der Waals surface area (Å²) in [4.78, 5) is 0. The quantitative estimate of drug-likeness (QED) is 0.869.